The van der Waals surface area contributed by atoms with Crippen molar-refractivity contribution in [3.63, 3.8) is 0 Å². The summed E-state index contributed by atoms with van der Waals surface area (Å²) in [6, 6.07) is 19.7. The lowest BCUT2D eigenvalue weighted by molar-refractivity contribution is 0.0637. The van der Waals surface area contributed by atoms with Gasteiger partial charge in [-0.3, -0.25) is 14.6 Å². The van der Waals surface area contributed by atoms with Gasteiger partial charge in [-0.1, -0.05) is 12.1 Å². The number of amides is 2. The van der Waals surface area contributed by atoms with Crippen LogP contribution in [0, 0.1) is 6.92 Å². The normalized spacial score (nSPS) is 12.4. The summed E-state index contributed by atoms with van der Waals surface area (Å²) in [5.74, 6) is 0.630. The predicted molar refractivity (Wildman–Crippen MR) is 146 cm³/mol. The third-order valence-electron chi connectivity index (χ3n) is 6.12. The zero-order valence-electron chi connectivity index (χ0n) is 21.5. The van der Waals surface area contributed by atoms with Crippen LogP contribution in [0.1, 0.15) is 45.8 Å². The predicted octanol–water partition coefficient (Wildman–Crippen LogP) is 5.74. The molecule has 2 N–H and O–H groups in total. The fourth-order valence-electron chi connectivity index (χ4n) is 4.06. The van der Waals surface area contributed by atoms with Crippen molar-refractivity contribution in [1.82, 2.24) is 4.98 Å². The number of hydrogen-bond acceptors (Lipinski definition) is 6. The molecular formula is C30H29N3O5. The highest BCUT2D eigenvalue weighted by Crippen LogP contribution is 2.31. The molecule has 3 aromatic carbocycles. The van der Waals surface area contributed by atoms with Gasteiger partial charge in [-0.2, -0.15) is 0 Å². The Bertz CT molecular complexity index is 1520. The molecule has 8 heteroatoms. The molecule has 5 rings (SSSR count). The number of aromatic nitrogens is 1. The maximum absolute atomic E-state index is 13.1. The molecule has 0 spiro atoms. The minimum Gasteiger partial charge on any atom is -0.486 e. The Balaban J connectivity index is 1.28. The van der Waals surface area contributed by atoms with Crippen LogP contribution >= 0.6 is 0 Å². The van der Waals surface area contributed by atoms with Crippen molar-refractivity contribution in [2.24, 2.45) is 0 Å². The number of benzene rings is 3. The first-order valence-corrected chi connectivity index (χ1v) is 12.5. The van der Waals surface area contributed by atoms with Gasteiger partial charge in [0.1, 0.15) is 13.2 Å². The number of rotatable bonds is 7. The van der Waals surface area contributed by atoms with Crippen LogP contribution in [0.2, 0.25) is 0 Å². The molecule has 194 valence electrons. The summed E-state index contributed by atoms with van der Waals surface area (Å²) < 4.78 is 16.7. The maximum Gasteiger partial charge on any atom is 0.255 e. The molecule has 0 radical (unpaired) electrons. The first-order chi connectivity index (χ1) is 18.4. The third kappa shape index (κ3) is 5.76. The molecule has 2 heterocycles. The number of carbonyl (C=O) groups excluding carboxylic acids is 2. The minimum absolute atomic E-state index is 0.127. The van der Waals surface area contributed by atoms with Crippen molar-refractivity contribution >= 4 is 34.1 Å². The molecule has 2 amide bonds. The van der Waals surface area contributed by atoms with E-state index in [9.17, 15) is 9.59 Å². The van der Waals surface area contributed by atoms with Gasteiger partial charge >= 0.3 is 0 Å². The second kappa shape index (κ2) is 10.9. The standard InChI is InChI=1S/C30H29N3O5/c1-18(2)38-17-24-9-5-20-14-21(6-10-25(20)31-24)30(35)33-26-16-23(8-4-19(26)3)32-29(34)22-7-11-27-28(15-22)37-13-12-36-27/h4-11,14-16,18H,12-13,17H2,1-3H3,(H,32,34)(H,33,35). The number of nitrogens with one attached hydrogen (secondary N) is 2. The van der Waals surface area contributed by atoms with Gasteiger partial charge in [-0.25, -0.2) is 0 Å². The van der Waals surface area contributed by atoms with E-state index < -0.39 is 0 Å². The Hall–Kier alpha value is -4.43. The summed E-state index contributed by atoms with van der Waals surface area (Å²) >= 11 is 0. The minimum atomic E-state index is -0.289. The number of hydrogen-bond donors (Lipinski definition) is 2. The van der Waals surface area contributed by atoms with Gasteiger partial charge in [-0.05, 0) is 80.9 Å². The first kappa shape index (κ1) is 25.2. The molecule has 1 aromatic heterocycles. The zero-order valence-corrected chi connectivity index (χ0v) is 21.5. The summed E-state index contributed by atoms with van der Waals surface area (Å²) in [7, 11) is 0. The van der Waals surface area contributed by atoms with Crippen LogP contribution in [0.5, 0.6) is 11.5 Å². The average molecular weight is 512 g/mol. The van der Waals surface area contributed by atoms with Crippen molar-refractivity contribution in [3.8, 4) is 11.5 Å². The van der Waals surface area contributed by atoms with Gasteiger partial charge < -0.3 is 24.8 Å². The summed E-state index contributed by atoms with van der Waals surface area (Å²) in [5, 5.41) is 6.71. The molecule has 0 bridgehead atoms. The highest BCUT2D eigenvalue weighted by molar-refractivity contribution is 6.08. The Labute approximate surface area is 220 Å². The molecule has 0 unspecified atom stereocenters. The number of aryl methyl sites for hydroxylation is 1. The van der Waals surface area contributed by atoms with Gasteiger partial charge in [0, 0.05) is 27.9 Å². The molecule has 38 heavy (non-hydrogen) atoms. The van der Waals surface area contributed by atoms with E-state index in [0.717, 1.165) is 22.2 Å². The van der Waals surface area contributed by atoms with Crippen LogP contribution in [-0.2, 0) is 11.3 Å². The number of pyridine rings is 1. The molecule has 0 saturated heterocycles. The number of carbonyl (C=O) groups is 2. The average Bonchev–Trinajstić information content (AvgIpc) is 2.93. The van der Waals surface area contributed by atoms with Crippen molar-refractivity contribution in [1.29, 1.82) is 0 Å². The van der Waals surface area contributed by atoms with Crippen LogP contribution in [-0.4, -0.2) is 36.1 Å². The van der Waals surface area contributed by atoms with Crippen LogP contribution in [0.15, 0.2) is 66.7 Å². The first-order valence-electron chi connectivity index (χ1n) is 12.5. The highest BCUT2D eigenvalue weighted by atomic mass is 16.6. The lowest BCUT2D eigenvalue weighted by Gasteiger charge is -2.18. The molecule has 1 aliphatic heterocycles. The quantitative estimate of drug-likeness (QED) is 0.328. The molecule has 0 aliphatic carbocycles. The molecular weight excluding hydrogens is 482 g/mol. The zero-order chi connectivity index (χ0) is 26.6. The molecule has 8 nitrogen and oxygen atoms in total. The van der Waals surface area contributed by atoms with E-state index in [0.29, 0.717) is 53.8 Å². The van der Waals surface area contributed by atoms with E-state index in [1.807, 2.05) is 51.1 Å². The van der Waals surface area contributed by atoms with E-state index >= 15 is 0 Å². The molecule has 4 aromatic rings. The number of ether oxygens (including phenoxy) is 3. The van der Waals surface area contributed by atoms with Crippen molar-refractivity contribution < 1.29 is 23.8 Å². The fourth-order valence-corrected chi connectivity index (χ4v) is 4.06. The smallest absolute Gasteiger partial charge is 0.255 e. The fraction of sp³-hybridized carbons (Fsp3) is 0.233. The van der Waals surface area contributed by atoms with Gasteiger partial charge in [0.05, 0.1) is 23.9 Å². The topological polar surface area (TPSA) is 98.8 Å². The maximum atomic E-state index is 13.1. The summed E-state index contributed by atoms with van der Waals surface area (Å²) in [5.41, 5.74) is 4.63. The molecule has 1 aliphatic rings. The van der Waals surface area contributed by atoms with Gasteiger partial charge in [0.2, 0.25) is 0 Å². The summed E-state index contributed by atoms with van der Waals surface area (Å²) in [6.45, 7) is 7.24. The van der Waals surface area contributed by atoms with Crippen molar-refractivity contribution in [2.45, 2.75) is 33.5 Å². The van der Waals surface area contributed by atoms with Crippen LogP contribution in [0.25, 0.3) is 10.9 Å². The largest absolute Gasteiger partial charge is 0.486 e. The van der Waals surface area contributed by atoms with Crippen molar-refractivity contribution in [3.05, 3.63) is 89.1 Å². The molecule has 0 fully saturated rings. The van der Waals surface area contributed by atoms with Crippen LogP contribution < -0.4 is 20.1 Å². The lowest BCUT2D eigenvalue weighted by atomic mass is 10.1. The molecule has 0 saturated carbocycles. The van der Waals surface area contributed by atoms with E-state index in [2.05, 4.69) is 15.6 Å². The Morgan fingerprint density at radius 3 is 2.42 bits per heavy atom. The Kier molecular flexibility index (Phi) is 7.24. The van der Waals surface area contributed by atoms with Crippen molar-refractivity contribution in [2.75, 3.05) is 23.8 Å². The molecule has 0 atom stereocenters. The SMILES string of the molecule is Cc1ccc(NC(=O)c2ccc3c(c2)OCCO3)cc1NC(=O)c1ccc2nc(COC(C)C)ccc2c1. The second-order valence-corrected chi connectivity index (χ2v) is 9.37. The van der Waals surface area contributed by atoms with E-state index in [1.54, 1.807) is 36.4 Å². The van der Waals surface area contributed by atoms with Gasteiger partial charge in [-0.15, -0.1) is 0 Å². The van der Waals surface area contributed by atoms with Crippen LogP contribution in [0.4, 0.5) is 11.4 Å². The summed E-state index contributed by atoms with van der Waals surface area (Å²) in [6.07, 6.45) is 0.127. The monoisotopic (exact) mass is 511 g/mol. The number of nitrogens with zero attached hydrogens (tertiary/aromatic N) is 1. The Morgan fingerprint density at radius 2 is 1.61 bits per heavy atom. The number of anilines is 2. The van der Waals surface area contributed by atoms with E-state index in [4.69, 9.17) is 14.2 Å². The number of fused-ring (bicyclic) bond motifs is 2. The van der Waals surface area contributed by atoms with E-state index in [1.165, 1.54) is 0 Å². The van der Waals surface area contributed by atoms with E-state index in [-0.39, 0.29) is 17.9 Å². The van der Waals surface area contributed by atoms with Crippen LogP contribution in [0.3, 0.4) is 0 Å². The van der Waals surface area contributed by atoms with Gasteiger partial charge in [0.25, 0.3) is 11.8 Å². The lowest BCUT2D eigenvalue weighted by Crippen LogP contribution is -2.17. The summed E-state index contributed by atoms with van der Waals surface area (Å²) in [4.78, 5) is 30.6. The Morgan fingerprint density at radius 1 is 0.868 bits per heavy atom. The van der Waals surface area contributed by atoms with Gasteiger partial charge in [0.15, 0.2) is 11.5 Å². The highest BCUT2D eigenvalue weighted by Gasteiger charge is 2.16. The third-order valence-corrected chi connectivity index (χ3v) is 6.12. The second-order valence-electron chi connectivity index (χ2n) is 9.37.